The number of nitrogens with one attached hydrogen (secondary N) is 3. The third kappa shape index (κ3) is 6.22. The maximum atomic E-state index is 5.46. The van der Waals surface area contributed by atoms with Crippen LogP contribution >= 0.6 is 24.0 Å². The lowest BCUT2D eigenvalue weighted by Crippen LogP contribution is -2.37. The minimum absolute atomic E-state index is 0. The van der Waals surface area contributed by atoms with E-state index < -0.39 is 0 Å². The molecule has 0 saturated carbocycles. The van der Waals surface area contributed by atoms with Gasteiger partial charge in [-0.1, -0.05) is 37.2 Å². The molecule has 0 aliphatic carbocycles. The normalized spacial score (nSPS) is 11.7. The summed E-state index contributed by atoms with van der Waals surface area (Å²) in [5.74, 6) is 2.09. The second-order valence-corrected chi connectivity index (χ2v) is 7.05. The molecule has 2 heterocycles. The fraction of sp³-hybridized carbons (Fsp3) is 0.455. The summed E-state index contributed by atoms with van der Waals surface area (Å²) in [6, 6.07) is 10.5. The third-order valence-corrected chi connectivity index (χ3v) is 5.22. The van der Waals surface area contributed by atoms with Crippen LogP contribution in [0.4, 0.5) is 0 Å². The van der Waals surface area contributed by atoms with E-state index in [0.29, 0.717) is 12.5 Å². The molecule has 3 aromatic rings. The molecular formula is C22H32IN5O. The van der Waals surface area contributed by atoms with Crippen LogP contribution in [0, 0.1) is 0 Å². The first kappa shape index (κ1) is 23.3. The standard InChI is InChI=1S/C22H31N5O.HI/c1-4-16(5-2)21-13-18(28-27-21)15-26-22(23-3)24-12-8-9-17-14-25-20-11-7-6-10-19(17)20;/h6-7,10-11,13-14,16,25H,4-5,8-9,12,15H2,1-3H3,(H2,23,24,26);1H. The molecular weight excluding hydrogens is 477 g/mol. The summed E-state index contributed by atoms with van der Waals surface area (Å²) in [5, 5.41) is 12.2. The Labute approximate surface area is 189 Å². The van der Waals surface area contributed by atoms with Crippen LogP contribution in [0.15, 0.2) is 46.0 Å². The van der Waals surface area contributed by atoms with Crippen molar-refractivity contribution in [2.75, 3.05) is 13.6 Å². The summed E-state index contributed by atoms with van der Waals surface area (Å²) in [4.78, 5) is 7.62. The number of hydrogen-bond donors (Lipinski definition) is 3. The third-order valence-electron chi connectivity index (χ3n) is 5.22. The number of benzene rings is 1. The van der Waals surface area contributed by atoms with Gasteiger partial charge in [0.25, 0.3) is 0 Å². The second kappa shape index (κ2) is 11.8. The van der Waals surface area contributed by atoms with E-state index in [2.05, 4.69) is 76.1 Å². The zero-order valence-corrected chi connectivity index (χ0v) is 19.8. The number of guanidine groups is 1. The first-order valence-electron chi connectivity index (χ1n) is 10.2. The Kier molecular flexibility index (Phi) is 9.50. The van der Waals surface area contributed by atoms with Gasteiger partial charge >= 0.3 is 0 Å². The second-order valence-electron chi connectivity index (χ2n) is 7.05. The van der Waals surface area contributed by atoms with Crippen LogP contribution < -0.4 is 10.6 Å². The van der Waals surface area contributed by atoms with Gasteiger partial charge in [-0.25, -0.2) is 0 Å². The Morgan fingerprint density at radius 2 is 2.00 bits per heavy atom. The van der Waals surface area contributed by atoms with Crippen LogP contribution in [0.2, 0.25) is 0 Å². The molecule has 158 valence electrons. The van der Waals surface area contributed by atoms with E-state index >= 15 is 0 Å². The van der Waals surface area contributed by atoms with E-state index in [1.807, 2.05) is 0 Å². The van der Waals surface area contributed by atoms with Gasteiger partial charge in [-0.3, -0.25) is 4.99 Å². The summed E-state index contributed by atoms with van der Waals surface area (Å²) in [6.07, 6.45) is 6.32. The molecule has 0 unspecified atom stereocenters. The molecule has 29 heavy (non-hydrogen) atoms. The van der Waals surface area contributed by atoms with E-state index in [0.717, 1.165) is 49.6 Å². The van der Waals surface area contributed by atoms with Gasteiger partial charge in [0.1, 0.15) is 0 Å². The molecule has 0 bridgehead atoms. The highest BCUT2D eigenvalue weighted by Gasteiger charge is 2.13. The van der Waals surface area contributed by atoms with Crippen LogP contribution in [0.5, 0.6) is 0 Å². The minimum Gasteiger partial charge on any atom is -0.361 e. The van der Waals surface area contributed by atoms with Gasteiger partial charge in [-0.15, -0.1) is 24.0 Å². The first-order valence-corrected chi connectivity index (χ1v) is 10.2. The van der Waals surface area contributed by atoms with Crippen molar-refractivity contribution in [2.45, 2.75) is 52.0 Å². The molecule has 1 aromatic carbocycles. The van der Waals surface area contributed by atoms with E-state index in [1.54, 1.807) is 7.05 Å². The lowest BCUT2D eigenvalue weighted by Gasteiger charge is -2.10. The van der Waals surface area contributed by atoms with Crippen molar-refractivity contribution in [3.05, 3.63) is 53.5 Å². The van der Waals surface area contributed by atoms with Crippen LogP contribution in [0.3, 0.4) is 0 Å². The average molecular weight is 509 g/mol. The Bertz CT molecular complexity index is 897. The van der Waals surface area contributed by atoms with Crippen molar-refractivity contribution < 1.29 is 4.52 Å². The van der Waals surface area contributed by atoms with Gasteiger partial charge < -0.3 is 20.1 Å². The molecule has 0 atom stereocenters. The Morgan fingerprint density at radius 3 is 2.76 bits per heavy atom. The summed E-state index contributed by atoms with van der Waals surface area (Å²) in [7, 11) is 1.78. The summed E-state index contributed by atoms with van der Waals surface area (Å²) in [6.45, 7) is 5.80. The van der Waals surface area contributed by atoms with Crippen molar-refractivity contribution in [1.29, 1.82) is 0 Å². The highest BCUT2D eigenvalue weighted by molar-refractivity contribution is 14.0. The van der Waals surface area contributed by atoms with Gasteiger partial charge in [0.15, 0.2) is 11.7 Å². The van der Waals surface area contributed by atoms with Crippen molar-refractivity contribution in [2.24, 2.45) is 4.99 Å². The van der Waals surface area contributed by atoms with Crippen LogP contribution in [-0.2, 0) is 13.0 Å². The van der Waals surface area contributed by atoms with Gasteiger partial charge in [-0.2, -0.15) is 0 Å². The Balaban J connectivity index is 0.00000300. The Morgan fingerprint density at radius 1 is 1.21 bits per heavy atom. The van der Waals surface area contributed by atoms with E-state index in [9.17, 15) is 0 Å². The summed E-state index contributed by atoms with van der Waals surface area (Å²) >= 11 is 0. The number of aromatic nitrogens is 2. The molecule has 2 aromatic heterocycles. The van der Waals surface area contributed by atoms with E-state index in [1.165, 1.54) is 16.5 Å². The highest BCUT2D eigenvalue weighted by atomic mass is 127. The predicted octanol–water partition coefficient (Wildman–Crippen LogP) is 4.98. The van der Waals surface area contributed by atoms with Gasteiger partial charge in [0.05, 0.1) is 12.2 Å². The van der Waals surface area contributed by atoms with E-state index in [4.69, 9.17) is 4.52 Å². The quantitative estimate of drug-likeness (QED) is 0.165. The van der Waals surface area contributed by atoms with E-state index in [-0.39, 0.29) is 24.0 Å². The molecule has 3 rings (SSSR count). The molecule has 0 radical (unpaired) electrons. The molecule has 0 fully saturated rings. The highest BCUT2D eigenvalue weighted by Crippen LogP contribution is 2.22. The van der Waals surface area contributed by atoms with Crippen LogP contribution in [-0.4, -0.2) is 29.7 Å². The van der Waals surface area contributed by atoms with Gasteiger partial charge in [0, 0.05) is 42.7 Å². The number of hydrogen-bond acceptors (Lipinski definition) is 3. The number of halogens is 1. The Hall–Kier alpha value is -2.03. The number of fused-ring (bicyclic) bond motifs is 1. The average Bonchev–Trinajstić information content (AvgIpc) is 3.36. The monoisotopic (exact) mass is 509 g/mol. The summed E-state index contributed by atoms with van der Waals surface area (Å²) < 4.78 is 5.46. The van der Waals surface area contributed by atoms with Crippen molar-refractivity contribution in [1.82, 2.24) is 20.8 Å². The van der Waals surface area contributed by atoms with Crippen molar-refractivity contribution >= 4 is 40.8 Å². The number of aromatic amines is 1. The van der Waals surface area contributed by atoms with Crippen LogP contribution in [0.1, 0.15) is 56.0 Å². The number of para-hydroxylation sites is 1. The van der Waals surface area contributed by atoms with Crippen LogP contribution in [0.25, 0.3) is 10.9 Å². The molecule has 3 N–H and O–H groups in total. The lowest BCUT2D eigenvalue weighted by molar-refractivity contribution is 0.368. The molecule has 0 amide bonds. The number of rotatable bonds is 9. The minimum atomic E-state index is 0. The maximum Gasteiger partial charge on any atom is 0.191 e. The zero-order valence-electron chi connectivity index (χ0n) is 17.5. The molecule has 0 spiro atoms. The number of H-pyrrole nitrogens is 1. The predicted molar refractivity (Wildman–Crippen MR) is 130 cm³/mol. The number of aryl methyl sites for hydroxylation is 1. The van der Waals surface area contributed by atoms with Gasteiger partial charge in [0.2, 0.25) is 0 Å². The molecule has 0 saturated heterocycles. The zero-order chi connectivity index (χ0) is 19.8. The maximum absolute atomic E-state index is 5.46. The number of nitrogens with zero attached hydrogens (tertiary/aromatic N) is 2. The van der Waals surface area contributed by atoms with Gasteiger partial charge in [-0.05, 0) is 37.3 Å². The topological polar surface area (TPSA) is 78.2 Å². The molecule has 6 nitrogen and oxygen atoms in total. The first-order chi connectivity index (χ1) is 13.7. The largest absolute Gasteiger partial charge is 0.361 e. The molecule has 7 heteroatoms. The van der Waals surface area contributed by atoms with Crippen molar-refractivity contribution in [3.8, 4) is 0 Å². The smallest absolute Gasteiger partial charge is 0.191 e. The summed E-state index contributed by atoms with van der Waals surface area (Å²) in [5.41, 5.74) is 3.60. The SMILES string of the molecule is CCC(CC)c1cc(CNC(=NC)NCCCc2c[nH]c3ccccc23)on1.I. The molecule has 0 aliphatic rings. The molecule has 0 aliphatic heterocycles. The lowest BCUT2D eigenvalue weighted by atomic mass is 9.99. The fourth-order valence-electron chi connectivity index (χ4n) is 3.53. The number of aliphatic imine (C=N–C) groups is 1. The van der Waals surface area contributed by atoms with Crippen molar-refractivity contribution in [3.63, 3.8) is 0 Å². The fourth-order valence-corrected chi connectivity index (χ4v) is 3.53.